The number of rotatable bonds is 4. The molecule has 1 aromatic rings. The Kier molecular flexibility index (Phi) is 5.93. The van der Waals surface area contributed by atoms with Gasteiger partial charge in [-0.05, 0) is 62.1 Å². The van der Waals surface area contributed by atoms with Crippen LogP contribution in [0.2, 0.25) is 0 Å². The molecular weight excluding hydrogens is 422 g/mol. The molecule has 33 heavy (non-hydrogen) atoms. The third kappa shape index (κ3) is 4.04. The Labute approximate surface area is 194 Å². The first kappa shape index (κ1) is 22.0. The molecule has 0 aromatic heterocycles. The SMILES string of the molecule is CCC1CCC2(CC1)NC(=O)N(CC(=O)N1CCCC1c1ccc3c(c1)OCCCO3)C2=O. The minimum atomic E-state index is -0.818. The summed E-state index contributed by atoms with van der Waals surface area (Å²) >= 11 is 0. The van der Waals surface area contributed by atoms with Gasteiger partial charge in [0.15, 0.2) is 11.5 Å². The van der Waals surface area contributed by atoms with Crippen LogP contribution in [0.3, 0.4) is 0 Å². The molecule has 3 heterocycles. The molecule has 1 atom stereocenters. The van der Waals surface area contributed by atoms with Gasteiger partial charge in [0.25, 0.3) is 5.91 Å². The quantitative estimate of drug-likeness (QED) is 0.703. The molecule has 8 nitrogen and oxygen atoms in total. The highest BCUT2D eigenvalue weighted by molar-refractivity contribution is 6.09. The van der Waals surface area contributed by atoms with Gasteiger partial charge in [0.05, 0.1) is 19.3 Å². The zero-order valence-electron chi connectivity index (χ0n) is 19.3. The Balaban J connectivity index is 1.28. The van der Waals surface area contributed by atoms with Crippen LogP contribution in [-0.4, -0.2) is 59.5 Å². The zero-order valence-corrected chi connectivity index (χ0v) is 19.3. The minimum Gasteiger partial charge on any atom is -0.490 e. The number of ether oxygens (including phenoxy) is 2. The molecule has 1 spiro atoms. The fourth-order valence-corrected chi connectivity index (χ4v) is 5.76. The van der Waals surface area contributed by atoms with Crippen molar-refractivity contribution < 1.29 is 23.9 Å². The van der Waals surface area contributed by atoms with Gasteiger partial charge in [-0.1, -0.05) is 19.4 Å². The van der Waals surface area contributed by atoms with Gasteiger partial charge in [-0.3, -0.25) is 14.5 Å². The van der Waals surface area contributed by atoms with Gasteiger partial charge in [-0.25, -0.2) is 4.79 Å². The van der Waals surface area contributed by atoms with Crippen molar-refractivity contribution in [3.63, 3.8) is 0 Å². The number of hydrogen-bond acceptors (Lipinski definition) is 5. The summed E-state index contributed by atoms with van der Waals surface area (Å²) in [5, 5.41) is 2.93. The predicted molar refractivity (Wildman–Crippen MR) is 121 cm³/mol. The van der Waals surface area contributed by atoms with Crippen LogP contribution in [0.25, 0.3) is 0 Å². The topological polar surface area (TPSA) is 88.2 Å². The van der Waals surface area contributed by atoms with Gasteiger partial charge in [-0.2, -0.15) is 0 Å². The number of amides is 4. The molecule has 2 saturated heterocycles. The number of nitrogens with one attached hydrogen (secondary N) is 1. The molecule has 0 bridgehead atoms. The van der Waals surface area contributed by atoms with Gasteiger partial charge in [-0.15, -0.1) is 0 Å². The molecule has 1 unspecified atom stereocenters. The second-order valence-corrected chi connectivity index (χ2v) is 9.76. The van der Waals surface area contributed by atoms with Crippen LogP contribution >= 0.6 is 0 Å². The molecule has 1 saturated carbocycles. The maximum absolute atomic E-state index is 13.3. The Morgan fingerprint density at radius 1 is 1.09 bits per heavy atom. The van der Waals surface area contributed by atoms with E-state index in [2.05, 4.69) is 12.2 Å². The fraction of sp³-hybridized carbons (Fsp3) is 0.640. The van der Waals surface area contributed by atoms with Crippen molar-refractivity contribution in [3.8, 4) is 11.5 Å². The lowest BCUT2D eigenvalue weighted by Gasteiger charge is -2.34. The summed E-state index contributed by atoms with van der Waals surface area (Å²) in [7, 11) is 0. The molecule has 0 radical (unpaired) electrons. The second kappa shape index (κ2) is 8.88. The van der Waals surface area contributed by atoms with Crippen molar-refractivity contribution >= 4 is 17.8 Å². The number of fused-ring (bicyclic) bond motifs is 1. The number of imide groups is 1. The number of benzene rings is 1. The number of likely N-dealkylation sites (tertiary alicyclic amines) is 1. The Morgan fingerprint density at radius 3 is 2.61 bits per heavy atom. The van der Waals surface area contributed by atoms with Crippen LogP contribution in [0.1, 0.15) is 69.9 Å². The third-order valence-corrected chi connectivity index (χ3v) is 7.80. The van der Waals surface area contributed by atoms with Crippen LogP contribution in [0.15, 0.2) is 18.2 Å². The predicted octanol–water partition coefficient (Wildman–Crippen LogP) is 3.40. The van der Waals surface area contributed by atoms with Gasteiger partial charge >= 0.3 is 6.03 Å². The number of hydrogen-bond donors (Lipinski definition) is 1. The molecule has 178 valence electrons. The molecule has 3 aliphatic heterocycles. The van der Waals surface area contributed by atoms with E-state index in [1.807, 2.05) is 18.2 Å². The highest BCUT2D eigenvalue weighted by Gasteiger charge is 2.53. The Hall–Kier alpha value is -2.77. The van der Waals surface area contributed by atoms with E-state index in [0.29, 0.717) is 44.3 Å². The van der Waals surface area contributed by atoms with E-state index in [4.69, 9.17) is 9.47 Å². The summed E-state index contributed by atoms with van der Waals surface area (Å²) in [5.74, 6) is 1.63. The minimum absolute atomic E-state index is 0.0932. The second-order valence-electron chi connectivity index (χ2n) is 9.76. The normalized spacial score (nSPS) is 29.4. The highest BCUT2D eigenvalue weighted by Crippen LogP contribution is 2.39. The lowest BCUT2D eigenvalue weighted by atomic mass is 9.75. The van der Waals surface area contributed by atoms with Crippen LogP contribution in [0.5, 0.6) is 11.5 Å². The van der Waals surface area contributed by atoms with Crippen molar-refractivity contribution in [1.29, 1.82) is 0 Å². The van der Waals surface area contributed by atoms with E-state index >= 15 is 0 Å². The first-order chi connectivity index (χ1) is 16.0. The summed E-state index contributed by atoms with van der Waals surface area (Å²) in [6.07, 6.45) is 6.84. The smallest absolute Gasteiger partial charge is 0.325 e. The van der Waals surface area contributed by atoms with E-state index in [-0.39, 0.29) is 24.4 Å². The van der Waals surface area contributed by atoms with Crippen LogP contribution in [0, 0.1) is 5.92 Å². The first-order valence-corrected chi connectivity index (χ1v) is 12.3. The standard InChI is InChI=1S/C25H33N3O5/c1-2-17-8-10-25(11-9-17)23(30)28(24(31)26-25)16-22(29)27-12-3-5-19(27)18-6-7-20-21(15-18)33-14-4-13-32-20/h6-7,15,17,19H,2-5,8-14,16H2,1H3,(H,26,31). The lowest BCUT2D eigenvalue weighted by molar-refractivity contribution is -0.140. The van der Waals surface area contributed by atoms with Crippen LogP contribution in [0.4, 0.5) is 4.79 Å². The molecule has 4 amide bonds. The highest BCUT2D eigenvalue weighted by atomic mass is 16.5. The number of nitrogens with zero attached hydrogens (tertiary/aromatic N) is 2. The van der Waals surface area contributed by atoms with Gasteiger partial charge < -0.3 is 19.7 Å². The monoisotopic (exact) mass is 455 g/mol. The van der Waals surface area contributed by atoms with Crippen molar-refractivity contribution in [1.82, 2.24) is 15.1 Å². The number of carbonyl (C=O) groups excluding carboxylic acids is 3. The van der Waals surface area contributed by atoms with Gasteiger partial charge in [0.2, 0.25) is 5.91 Å². The summed E-state index contributed by atoms with van der Waals surface area (Å²) in [6, 6.07) is 5.33. The first-order valence-electron chi connectivity index (χ1n) is 12.3. The fourth-order valence-electron chi connectivity index (χ4n) is 5.76. The summed E-state index contributed by atoms with van der Waals surface area (Å²) in [4.78, 5) is 42.1. The average Bonchev–Trinajstić information content (AvgIpc) is 3.30. The van der Waals surface area contributed by atoms with E-state index < -0.39 is 11.6 Å². The summed E-state index contributed by atoms with van der Waals surface area (Å²) in [5.41, 5.74) is 0.179. The third-order valence-electron chi connectivity index (χ3n) is 7.80. The van der Waals surface area contributed by atoms with E-state index in [1.54, 1.807) is 4.90 Å². The average molecular weight is 456 g/mol. The van der Waals surface area contributed by atoms with Crippen LogP contribution in [-0.2, 0) is 9.59 Å². The number of urea groups is 1. The Bertz CT molecular complexity index is 940. The molecule has 5 rings (SSSR count). The van der Waals surface area contributed by atoms with Crippen molar-refractivity contribution in [2.45, 2.75) is 69.9 Å². The van der Waals surface area contributed by atoms with E-state index in [1.165, 1.54) is 0 Å². The maximum atomic E-state index is 13.3. The van der Waals surface area contributed by atoms with Gasteiger partial charge in [0.1, 0.15) is 12.1 Å². The molecule has 3 fully saturated rings. The maximum Gasteiger partial charge on any atom is 0.325 e. The molecule has 4 aliphatic rings. The summed E-state index contributed by atoms with van der Waals surface area (Å²) in [6.45, 7) is 3.82. The Morgan fingerprint density at radius 2 is 1.85 bits per heavy atom. The largest absolute Gasteiger partial charge is 0.490 e. The van der Waals surface area contributed by atoms with Crippen LogP contribution < -0.4 is 14.8 Å². The van der Waals surface area contributed by atoms with Crippen molar-refractivity contribution in [2.24, 2.45) is 5.92 Å². The molecule has 1 N–H and O–H groups in total. The van der Waals surface area contributed by atoms with Crippen molar-refractivity contribution in [3.05, 3.63) is 23.8 Å². The van der Waals surface area contributed by atoms with E-state index in [9.17, 15) is 14.4 Å². The lowest BCUT2D eigenvalue weighted by Crippen LogP contribution is -2.50. The molecule has 8 heteroatoms. The molecule has 1 aromatic carbocycles. The molecular formula is C25H33N3O5. The summed E-state index contributed by atoms with van der Waals surface area (Å²) < 4.78 is 11.6. The zero-order chi connectivity index (χ0) is 23.0. The number of carbonyl (C=O) groups is 3. The molecule has 1 aliphatic carbocycles. The van der Waals surface area contributed by atoms with Crippen molar-refractivity contribution in [2.75, 3.05) is 26.3 Å². The van der Waals surface area contributed by atoms with Gasteiger partial charge in [0, 0.05) is 13.0 Å². The van der Waals surface area contributed by atoms with E-state index in [0.717, 1.165) is 54.7 Å².